The fourth-order valence-corrected chi connectivity index (χ4v) is 3.96. The van der Waals surface area contributed by atoms with Crippen LogP contribution < -0.4 is 0 Å². The van der Waals surface area contributed by atoms with E-state index in [4.69, 9.17) is 4.43 Å². The first-order valence-corrected chi connectivity index (χ1v) is 11.9. The lowest BCUT2D eigenvalue weighted by atomic mass is 9.96. The van der Waals surface area contributed by atoms with Crippen LogP contribution in [0.25, 0.3) is 11.6 Å². The van der Waals surface area contributed by atoms with Gasteiger partial charge in [-0.1, -0.05) is 42.5 Å². The van der Waals surface area contributed by atoms with E-state index < -0.39 is 8.32 Å². The number of rotatable bonds is 5. The zero-order valence-electron chi connectivity index (χ0n) is 14.6. The smallest absolute Gasteiger partial charge is 0.183 e. The lowest BCUT2D eigenvalue weighted by molar-refractivity contribution is 0.316. The van der Waals surface area contributed by atoms with E-state index in [1.165, 1.54) is 33.4 Å². The van der Waals surface area contributed by atoms with E-state index in [1.54, 1.807) is 0 Å². The number of benzene rings is 1. The fraction of sp³-hybridized carbons (Fsp3) is 0.333. The Morgan fingerprint density at radius 3 is 2.65 bits per heavy atom. The Kier molecular flexibility index (Phi) is 4.56. The molecule has 0 aromatic heterocycles. The molecule has 0 bridgehead atoms. The van der Waals surface area contributed by atoms with Gasteiger partial charge in [-0.05, 0) is 78.9 Å². The molecule has 0 heterocycles. The Morgan fingerprint density at radius 2 is 1.91 bits per heavy atom. The summed E-state index contributed by atoms with van der Waals surface area (Å²) in [6, 6.07) is 8.67. The number of allylic oxidation sites excluding steroid dienone is 6. The van der Waals surface area contributed by atoms with E-state index in [2.05, 4.69) is 75.1 Å². The third kappa shape index (κ3) is 3.65. The lowest BCUT2D eigenvalue weighted by Crippen LogP contribution is -2.25. The van der Waals surface area contributed by atoms with Crippen molar-refractivity contribution in [2.45, 2.75) is 39.4 Å². The van der Waals surface area contributed by atoms with Gasteiger partial charge in [0.2, 0.25) is 0 Å². The van der Waals surface area contributed by atoms with Crippen molar-refractivity contribution >= 4 is 20.0 Å². The van der Waals surface area contributed by atoms with E-state index in [0.29, 0.717) is 0 Å². The molecule has 0 amide bonds. The Bertz CT molecular complexity index is 726. The van der Waals surface area contributed by atoms with Crippen LogP contribution in [0.5, 0.6) is 0 Å². The Labute approximate surface area is 141 Å². The first kappa shape index (κ1) is 16.2. The molecule has 0 aliphatic heterocycles. The third-order valence-electron chi connectivity index (χ3n) is 4.35. The predicted molar refractivity (Wildman–Crippen MR) is 103 cm³/mol. The van der Waals surface area contributed by atoms with Crippen LogP contribution in [0.3, 0.4) is 0 Å². The first-order chi connectivity index (χ1) is 11.0. The second kappa shape index (κ2) is 6.46. The highest BCUT2D eigenvalue weighted by Gasteiger charge is 2.22. The SMILES string of the molecule is CC=C1C(C2=CC(CCO[Si](C)(C)C)=CC2)=Cc2ccccc21. The standard InChI is InChI=1S/C21H26OSi/c1-5-19-20-9-7-6-8-17(20)15-21(19)18-11-10-16(14-18)12-13-22-23(2,3)4/h5-10,14-15H,11-13H2,1-4H3. The monoisotopic (exact) mass is 322 g/mol. The first-order valence-electron chi connectivity index (χ1n) is 8.49. The molecule has 0 atom stereocenters. The van der Waals surface area contributed by atoms with Crippen LogP contribution in [0, 0.1) is 0 Å². The molecule has 1 nitrogen and oxygen atoms in total. The van der Waals surface area contributed by atoms with Crippen LogP contribution in [0.2, 0.25) is 19.6 Å². The average molecular weight is 323 g/mol. The van der Waals surface area contributed by atoms with Crippen molar-refractivity contribution in [3.05, 3.63) is 70.3 Å². The average Bonchev–Trinajstić information content (AvgIpc) is 3.09. The molecular weight excluding hydrogens is 296 g/mol. The summed E-state index contributed by atoms with van der Waals surface area (Å²) in [5, 5.41) is 0. The lowest BCUT2D eigenvalue weighted by Gasteiger charge is -2.16. The normalized spacial score (nSPS) is 18.8. The highest BCUT2D eigenvalue weighted by atomic mass is 28.4. The molecule has 2 aliphatic rings. The maximum absolute atomic E-state index is 5.99. The second-order valence-electron chi connectivity index (χ2n) is 7.21. The summed E-state index contributed by atoms with van der Waals surface area (Å²) in [7, 11) is -1.40. The highest BCUT2D eigenvalue weighted by molar-refractivity contribution is 6.69. The van der Waals surface area contributed by atoms with Gasteiger partial charge >= 0.3 is 0 Å². The van der Waals surface area contributed by atoms with E-state index in [1.807, 2.05) is 0 Å². The summed E-state index contributed by atoms with van der Waals surface area (Å²) in [6.45, 7) is 9.72. The maximum Gasteiger partial charge on any atom is 0.183 e. The molecule has 0 radical (unpaired) electrons. The minimum absolute atomic E-state index is 0.848. The van der Waals surface area contributed by atoms with Crippen molar-refractivity contribution in [2.24, 2.45) is 0 Å². The van der Waals surface area contributed by atoms with Gasteiger partial charge < -0.3 is 4.43 Å². The molecule has 2 aliphatic carbocycles. The Morgan fingerprint density at radius 1 is 1.13 bits per heavy atom. The van der Waals surface area contributed by atoms with E-state index in [0.717, 1.165) is 19.4 Å². The number of hydrogen-bond acceptors (Lipinski definition) is 1. The van der Waals surface area contributed by atoms with Gasteiger partial charge in [0.25, 0.3) is 0 Å². The van der Waals surface area contributed by atoms with Crippen molar-refractivity contribution in [2.75, 3.05) is 6.61 Å². The van der Waals surface area contributed by atoms with E-state index in [-0.39, 0.29) is 0 Å². The molecule has 120 valence electrons. The quantitative estimate of drug-likeness (QED) is 0.605. The van der Waals surface area contributed by atoms with E-state index in [9.17, 15) is 0 Å². The fourth-order valence-electron chi connectivity index (χ4n) is 3.24. The predicted octanol–water partition coefficient (Wildman–Crippen LogP) is 5.99. The topological polar surface area (TPSA) is 9.23 Å². The van der Waals surface area contributed by atoms with E-state index >= 15 is 0 Å². The largest absolute Gasteiger partial charge is 0.417 e. The molecule has 0 saturated carbocycles. The van der Waals surface area contributed by atoms with Gasteiger partial charge in [-0.25, -0.2) is 0 Å². The van der Waals surface area contributed by atoms with Crippen molar-refractivity contribution in [1.82, 2.24) is 0 Å². The van der Waals surface area contributed by atoms with Crippen molar-refractivity contribution in [3.63, 3.8) is 0 Å². The van der Waals surface area contributed by atoms with Gasteiger partial charge in [0, 0.05) is 6.61 Å². The zero-order chi connectivity index (χ0) is 16.4. The summed E-state index contributed by atoms with van der Waals surface area (Å²) in [5.74, 6) is 0. The van der Waals surface area contributed by atoms with Crippen LogP contribution >= 0.6 is 0 Å². The molecule has 2 heteroatoms. The van der Waals surface area contributed by atoms with Crippen LogP contribution in [-0.4, -0.2) is 14.9 Å². The molecule has 0 unspecified atom stereocenters. The molecule has 0 saturated heterocycles. The van der Waals surface area contributed by atoms with Crippen LogP contribution in [0.4, 0.5) is 0 Å². The third-order valence-corrected chi connectivity index (χ3v) is 5.42. The molecule has 3 rings (SSSR count). The molecule has 0 N–H and O–H groups in total. The molecule has 1 aromatic carbocycles. The summed E-state index contributed by atoms with van der Waals surface area (Å²) in [5.41, 5.74) is 8.34. The summed E-state index contributed by atoms with van der Waals surface area (Å²) >= 11 is 0. The van der Waals surface area contributed by atoms with Crippen molar-refractivity contribution < 1.29 is 4.43 Å². The van der Waals surface area contributed by atoms with Crippen LogP contribution in [0.1, 0.15) is 30.9 Å². The van der Waals surface area contributed by atoms with Gasteiger partial charge in [-0.15, -0.1) is 0 Å². The molecular formula is C21H26OSi. The van der Waals surface area contributed by atoms with Crippen molar-refractivity contribution in [3.8, 4) is 0 Å². The summed E-state index contributed by atoms with van der Waals surface area (Å²) in [6.07, 6.45) is 11.4. The molecule has 1 aromatic rings. The van der Waals surface area contributed by atoms with Gasteiger partial charge in [0.1, 0.15) is 0 Å². The minimum atomic E-state index is -1.40. The van der Waals surface area contributed by atoms with Crippen molar-refractivity contribution in [1.29, 1.82) is 0 Å². The maximum atomic E-state index is 5.99. The molecule has 23 heavy (non-hydrogen) atoms. The van der Waals surface area contributed by atoms with Crippen LogP contribution in [0.15, 0.2) is 59.2 Å². The van der Waals surface area contributed by atoms with Gasteiger partial charge in [-0.3, -0.25) is 0 Å². The van der Waals surface area contributed by atoms with Gasteiger partial charge in [0.15, 0.2) is 8.32 Å². The number of hydrogen-bond donors (Lipinski definition) is 0. The molecule has 0 spiro atoms. The van der Waals surface area contributed by atoms with Gasteiger partial charge in [0.05, 0.1) is 0 Å². The van der Waals surface area contributed by atoms with Crippen LogP contribution in [-0.2, 0) is 4.43 Å². The van der Waals surface area contributed by atoms with Gasteiger partial charge in [-0.2, -0.15) is 0 Å². The Hall–Kier alpha value is -1.64. The zero-order valence-corrected chi connectivity index (χ0v) is 15.6. The Balaban J connectivity index is 1.71. The second-order valence-corrected chi connectivity index (χ2v) is 11.7. The summed E-state index contributed by atoms with van der Waals surface area (Å²) < 4.78 is 5.99. The number of fused-ring (bicyclic) bond motifs is 1. The molecule has 0 fully saturated rings. The highest BCUT2D eigenvalue weighted by Crippen LogP contribution is 2.42. The minimum Gasteiger partial charge on any atom is -0.417 e. The summed E-state index contributed by atoms with van der Waals surface area (Å²) in [4.78, 5) is 0.